The van der Waals surface area contributed by atoms with E-state index in [0.29, 0.717) is 26.4 Å². The second-order valence-corrected chi connectivity index (χ2v) is 7.31. The Kier molecular flexibility index (Phi) is 6.57. The summed E-state index contributed by atoms with van der Waals surface area (Å²) in [7, 11) is 1.37. The molecule has 2 N–H and O–H groups in total. The summed E-state index contributed by atoms with van der Waals surface area (Å²) < 4.78 is 10.5. The van der Waals surface area contributed by atoms with Crippen LogP contribution in [0.2, 0.25) is 5.02 Å². The first-order valence-electron chi connectivity index (χ1n) is 7.64. The number of benzene rings is 1. The fraction of sp³-hybridized carbons (Fsp3) is 0.353. The number of aliphatic carboxylic acids is 1. The summed E-state index contributed by atoms with van der Waals surface area (Å²) in [5, 5.41) is 13.0. The molecule has 140 valence electrons. The fourth-order valence-corrected chi connectivity index (χ4v) is 3.15. The van der Waals surface area contributed by atoms with Crippen LogP contribution in [0.25, 0.3) is 0 Å². The van der Waals surface area contributed by atoms with Gasteiger partial charge in [0.15, 0.2) is 5.54 Å². The van der Waals surface area contributed by atoms with E-state index in [9.17, 15) is 14.7 Å². The van der Waals surface area contributed by atoms with Crippen LogP contribution < -0.4 is 10.1 Å². The Hall–Kier alpha value is -2.16. The molecule has 0 saturated carbocycles. The van der Waals surface area contributed by atoms with E-state index in [-0.39, 0.29) is 13.2 Å². The number of hydrogen-bond acceptors (Lipinski definition) is 6. The number of aromatic nitrogens is 1. The molecule has 1 amide bonds. The van der Waals surface area contributed by atoms with E-state index in [2.05, 4.69) is 10.3 Å². The molecule has 1 atom stereocenters. The van der Waals surface area contributed by atoms with E-state index in [1.165, 1.54) is 14.0 Å². The van der Waals surface area contributed by atoms with Crippen molar-refractivity contribution in [3.63, 3.8) is 0 Å². The first kappa shape index (κ1) is 20.2. The predicted molar refractivity (Wildman–Crippen MR) is 98.0 cm³/mol. The SMILES string of the molecule is COCC(C)(NC(=O)c1sc(COc2ccc(Cl)cc2)nc1C)C(=O)O. The zero-order valence-corrected chi connectivity index (χ0v) is 16.1. The van der Waals surface area contributed by atoms with Crippen LogP contribution in [0, 0.1) is 6.92 Å². The van der Waals surface area contributed by atoms with E-state index >= 15 is 0 Å². The standard InChI is InChI=1S/C17H19ClN2O5S/c1-10-14(15(21)20-17(2,9-24-3)16(22)23)26-13(19-10)8-25-12-6-4-11(18)5-7-12/h4-7H,8-9H2,1-3H3,(H,20,21)(H,22,23). The molecule has 7 nitrogen and oxygen atoms in total. The van der Waals surface area contributed by atoms with Crippen molar-refractivity contribution in [2.24, 2.45) is 0 Å². The van der Waals surface area contributed by atoms with Gasteiger partial charge in [-0.2, -0.15) is 0 Å². The van der Waals surface area contributed by atoms with Gasteiger partial charge in [0.1, 0.15) is 22.2 Å². The molecule has 0 aliphatic heterocycles. The maximum Gasteiger partial charge on any atom is 0.331 e. The second-order valence-electron chi connectivity index (χ2n) is 5.79. The summed E-state index contributed by atoms with van der Waals surface area (Å²) in [6, 6.07) is 6.90. The van der Waals surface area contributed by atoms with Crippen LogP contribution >= 0.6 is 22.9 Å². The van der Waals surface area contributed by atoms with E-state index in [1.807, 2.05) is 0 Å². The van der Waals surface area contributed by atoms with Gasteiger partial charge in [0.2, 0.25) is 0 Å². The number of aryl methyl sites for hydroxylation is 1. The van der Waals surface area contributed by atoms with Crippen molar-refractivity contribution >= 4 is 34.8 Å². The first-order valence-corrected chi connectivity index (χ1v) is 8.84. The third-order valence-corrected chi connectivity index (χ3v) is 4.90. The molecule has 1 heterocycles. The minimum atomic E-state index is -1.53. The minimum Gasteiger partial charge on any atom is -0.486 e. The Morgan fingerprint density at radius 2 is 2.00 bits per heavy atom. The zero-order chi connectivity index (χ0) is 19.3. The average molecular weight is 399 g/mol. The lowest BCUT2D eigenvalue weighted by Gasteiger charge is -2.24. The molecule has 0 aliphatic rings. The summed E-state index contributed by atoms with van der Waals surface area (Å²) in [5.41, 5.74) is -1.02. The smallest absolute Gasteiger partial charge is 0.331 e. The maximum atomic E-state index is 12.5. The van der Waals surface area contributed by atoms with Crippen LogP contribution in [-0.2, 0) is 16.1 Å². The van der Waals surface area contributed by atoms with Crippen molar-refractivity contribution < 1.29 is 24.2 Å². The Morgan fingerprint density at radius 3 is 2.58 bits per heavy atom. The topological polar surface area (TPSA) is 97.8 Å². The van der Waals surface area contributed by atoms with Gasteiger partial charge in [0.25, 0.3) is 5.91 Å². The molecular formula is C17H19ClN2O5S. The number of methoxy groups -OCH3 is 1. The van der Waals surface area contributed by atoms with Gasteiger partial charge in [-0.05, 0) is 38.1 Å². The van der Waals surface area contributed by atoms with Crippen LogP contribution in [0.15, 0.2) is 24.3 Å². The molecule has 0 fully saturated rings. The number of nitrogens with one attached hydrogen (secondary N) is 1. The van der Waals surface area contributed by atoms with E-state index in [4.69, 9.17) is 21.1 Å². The lowest BCUT2D eigenvalue weighted by molar-refractivity contribution is -0.145. The van der Waals surface area contributed by atoms with Crippen molar-refractivity contribution in [1.29, 1.82) is 0 Å². The molecule has 2 rings (SSSR count). The van der Waals surface area contributed by atoms with Crippen molar-refractivity contribution in [3.8, 4) is 5.75 Å². The third-order valence-electron chi connectivity index (χ3n) is 3.52. The first-order chi connectivity index (χ1) is 12.2. The highest BCUT2D eigenvalue weighted by Crippen LogP contribution is 2.22. The molecule has 0 aliphatic carbocycles. The van der Waals surface area contributed by atoms with Crippen molar-refractivity contribution in [2.75, 3.05) is 13.7 Å². The number of amides is 1. The number of rotatable bonds is 8. The van der Waals surface area contributed by atoms with Crippen LogP contribution in [0.4, 0.5) is 0 Å². The second kappa shape index (κ2) is 8.48. The van der Waals surface area contributed by atoms with Crippen molar-refractivity contribution in [3.05, 3.63) is 44.9 Å². The van der Waals surface area contributed by atoms with Crippen LogP contribution in [0.5, 0.6) is 5.75 Å². The highest BCUT2D eigenvalue weighted by molar-refractivity contribution is 7.13. The number of carboxylic acids is 1. The number of nitrogens with zero attached hydrogens (tertiary/aromatic N) is 1. The Morgan fingerprint density at radius 1 is 1.35 bits per heavy atom. The molecule has 1 aromatic carbocycles. The van der Waals surface area contributed by atoms with Gasteiger partial charge in [-0.15, -0.1) is 11.3 Å². The number of ether oxygens (including phenoxy) is 2. The number of thiazole rings is 1. The van der Waals surface area contributed by atoms with Gasteiger partial charge >= 0.3 is 5.97 Å². The van der Waals surface area contributed by atoms with Gasteiger partial charge in [-0.25, -0.2) is 9.78 Å². The molecule has 0 saturated heterocycles. The van der Waals surface area contributed by atoms with Crippen LogP contribution in [-0.4, -0.2) is 41.2 Å². The number of halogens is 1. The van der Waals surface area contributed by atoms with E-state index in [0.717, 1.165) is 11.3 Å². The summed E-state index contributed by atoms with van der Waals surface area (Å²) in [4.78, 5) is 28.5. The quantitative estimate of drug-likeness (QED) is 0.709. The largest absolute Gasteiger partial charge is 0.486 e. The Balaban J connectivity index is 2.07. The summed E-state index contributed by atoms with van der Waals surface area (Å²) >= 11 is 6.98. The average Bonchev–Trinajstić information content (AvgIpc) is 2.95. The van der Waals surface area contributed by atoms with Crippen LogP contribution in [0.1, 0.15) is 27.3 Å². The van der Waals surface area contributed by atoms with E-state index in [1.54, 1.807) is 31.2 Å². The van der Waals surface area contributed by atoms with Crippen molar-refractivity contribution in [2.45, 2.75) is 26.0 Å². The Labute approximate surface area is 159 Å². The van der Waals surface area contributed by atoms with E-state index < -0.39 is 17.4 Å². The van der Waals surface area contributed by atoms with Crippen molar-refractivity contribution in [1.82, 2.24) is 10.3 Å². The lowest BCUT2D eigenvalue weighted by atomic mass is 10.0. The molecule has 26 heavy (non-hydrogen) atoms. The third kappa shape index (κ3) is 4.94. The normalized spacial score (nSPS) is 13.1. The number of carbonyl (C=O) groups excluding carboxylic acids is 1. The predicted octanol–water partition coefficient (Wildman–Crippen LogP) is 2.90. The summed E-state index contributed by atoms with van der Waals surface area (Å²) in [6.45, 7) is 3.11. The summed E-state index contributed by atoms with van der Waals surface area (Å²) in [6.07, 6.45) is 0. The lowest BCUT2D eigenvalue weighted by Crippen LogP contribution is -2.55. The molecule has 0 radical (unpaired) electrons. The van der Waals surface area contributed by atoms with Gasteiger partial charge in [-0.1, -0.05) is 11.6 Å². The number of hydrogen-bond donors (Lipinski definition) is 2. The number of carboxylic acid groups (broad SMARTS) is 1. The number of carbonyl (C=O) groups is 2. The highest BCUT2D eigenvalue weighted by Gasteiger charge is 2.36. The molecule has 0 bridgehead atoms. The van der Waals surface area contributed by atoms with Gasteiger partial charge in [0.05, 0.1) is 12.3 Å². The monoisotopic (exact) mass is 398 g/mol. The highest BCUT2D eigenvalue weighted by atomic mass is 35.5. The fourth-order valence-electron chi connectivity index (χ4n) is 2.15. The molecule has 2 aromatic rings. The maximum absolute atomic E-state index is 12.5. The zero-order valence-electron chi connectivity index (χ0n) is 14.5. The Bertz CT molecular complexity index is 793. The summed E-state index contributed by atoms with van der Waals surface area (Å²) in [5.74, 6) is -1.06. The molecule has 1 unspecified atom stereocenters. The molecular weight excluding hydrogens is 380 g/mol. The molecule has 0 spiro atoms. The van der Waals surface area contributed by atoms with Crippen LogP contribution in [0.3, 0.4) is 0 Å². The van der Waals surface area contributed by atoms with Gasteiger partial charge in [0, 0.05) is 12.1 Å². The van der Waals surface area contributed by atoms with Gasteiger partial charge in [-0.3, -0.25) is 4.79 Å². The van der Waals surface area contributed by atoms with Gasteiger partial charge < -0.3 is 19.9 Å². The minimum absolute atomic E-state index is 0.154. The molecule has 9 heteroatoms. The molecule has 1 aromatic heterocycles.